The first-order valence-electron chi connectivity index (χ1n) is 5.93. The second kappa shape index (κ2) is 5.16. The van der Waals surface area contributed by atoms with Crippen LogP contribution < -0.4 is 4.72 Å². The third-order valence-electron chi connectivity index (χ3n) is 2.88. The van der Waals surface area contributed by atoms with Crippen molar-refractivity contribution in [3.63, 3.8) is 0 Å². The van der Waals surface area contributed by atoms with E-state index in [9.17, 15) is 8.42 Å². The lowest BCUT2D eigenvalue weighted by Crippen LogP contribution is -2.31. The molecule has 1 aliphatic heterocycles. The van der Waals surface area contributed by atoms with E-state index >= 15 is 0 Å². The normalized spacial score (nSPS) is 23.9. The van der Waals surface area contributed by atoms with E-state index in [-0.39, 0.29) is 6.04 Å². The molecule has 1 unspecified atom stereocenters. The summed E-state index contributed by atoms with van der Waals surface area (Å²) in [6.07, 6.45) is 1.60. The largest absolute Gasteiger partial charge is 0.279 e. The lowest BCUT2D eigenvalue weighted by molar-refractivity contribution is 0.425. The number of nitrogens with zero attached hydrogens (tertiary/aromatic N) is 1. The van der Waals surface area contributed by atoms with Crippen molar-refractivity contribution in [2.75, 3.05) is 13.1 Å². The topological polar surface area (TPSA) is 49.4 Å². The van der Waals surface area contributed by atoms with Crippen LogP contribution >= 0.6 is 0 Å². The summed E-state index contributed by atoms with van der Waals surface area (Å²) in [5, 5.41) is 0. The Morgan fingerprint density at radius 3 is 2.71 bits per heavy atom. The van der Waals surface area contributed by atoms with Crippen molar-refractivity contribution in [3.8, 4) is 0 Å². The highest BCUT2D eigenvalue weighted by molar-refractivity contribution is 7.87. The fourth-order valence-electron chi connectivity index (χ4n) is 2.13. The Morgan fingerprint density at radius 2 is 2.06 bits per heavy atom. The molecule has 1 fully saturated rings. The molecule has 0 aliphatic carbocycles. The van der Waals surface area contributed by atoms with Gasteiger partial charge in [-0.3, -0.25) is 0 Å². The van der Waals surface area contributed by atoms with Gasteiger partial charge in [0.1, 0.15) is 0 Å². The van der Waals surface area contributed by atoms with Gasteiger partial charge < -0.3 is 0 Å². The van der Waals surface area contributed by atoms with E-state index in [0.29, 0.717) is 13.1 Å². The monoisotopic (exact) mass is 254 g/mol. The molecule has 0 spiro atoms. The Bertz CT molecular complexity index is 459. The van der Waals surface area contributed by atoms with Crippen molar-refractivity contribution in [1.82, 2.24) is 9.03 Å². The summed E-state index contributed by atoms with van der Waals surface area (Å²) in [5.41, 5.74) is 1.17. The van der Waals surface area contributed by atoms with Crippen molar-refractivity contribution in [3.05, 3.63) is 35.9 Å². The average molecular weight is 254 g/mol. The second-order valence-electron chi connectivity index (χ2n) is 4.37. The predicted molar refractivity (Wildman–Crippen MR) is 67.9 cm³/mol. The van der Waals surface area contributed by atoms with Crippen LogP contribution in [0, 0.1) is 0 Å². The SMILES string of the molecule is CCCN1CC(Cc2ccccc2)NS1(=O)=O. The molecule has 0 amide bonds. The molecule has 1 aromatic carbocycles. The second-order valence-corrected chi connectivity index (χ2v) is 6.07. The van der Waals surface area contributed by atoms with Gasteiger partial charge in [0.25, 0.3) is 10.2 Å². The van der Waals surface area contributed by atoms with Gasteiger partial charge >= 0.3 is 0 Å². The zero-order chi connectivity index (χ0) is 12.3. The van der Waals surface area contributed by atoms with Crippen LogP contribution in [0.3, 0.4) is 0 Å². The predicted octanol–water partition coefficient (Wildman–Crippen LogP) is 1.16. The van der Waals surface area contributed by atoms with Gasteiger partial charge in [-0.05, 0) is 18.4 Å². The summed E-state index contributed by atoms with van der Waals surface area (Å²) in [4.78, 5) is 0. The van der Waals surface area contributed by atoms with Crippen LogP contribution in [0.15, 0.2) is 30.3 Å². The Kier molecular flexibility index (Phi) is 3.81. The fourth-order valence-corrected chi connectivity index (χ4v) is 3.66. The van der Waals surface area contributed by atoms with Gasteiger partial charge in [0.2, 0.25) is 0 Å². The summed E-state index contributed by atoms with van der Waals surface area (Å²) in [6.45, 7) is 3.16. The smallest absolute Gasteiger partial charge is 0.197 e. The van der Waals surface area contributed by atoms with E-state index in [2.05, 4.69) is 4.72 Å². The van der Waals surface area contributed by atoms with E-state index in [0.717, 1.165) is 12.8 Å². The number of hydrogen-bond donors (Lipinski definition) is 1. The molecule has 1 saturated heterocycles. The van der Waals surface area contributed by atoms with E-state index in [1.807, 2.05) is 37.3 Å². The van der Waals surface area contributed by atoms with Crippen molar-refractivity contribution in [2.45, 2.75) is 25.8 Å². The molecule has 0 saturated carbocycles. The molecule has 5 heteroatoms. The van der Waals surface area contributed by atoms with Crippen LogP contribution in [-0.4, -0.2) is 31.9 Å². The molecule has 94 valence electrons. The van der Waals surface area contributed by atoms with Gasteiger partial charge in [-0.15, -0.1) is 0 Å². The summed E-state index contributed by atoms with van der Waals surface area (Å²) in [5.74, 6) is 0. The third-order valence-corrected chi connectivity index (χ3v) is 4.52. The number of hydrogen-bond acceptors (Lipinski definition) is 2. The Balaban J connectivity index is 2.02. The highest BCUT2D eigenvalue weighted by Gasteiger charge is 2.34. The van der Waals surface area contributed by atoms with E-state index < -0.39 is 10.2 Å². The van der Waals surface area contributed by atoms with Crippen molar-refractivity contribution in [2.24, 2.45) is 0 Å². The van der Waals surface area contributed by atoms with Gasteiger partial charge in [-0.25, -0.2) is 0 Å². The minimum Gasteiger partial charge on any atom is -0.197 e. The Hall–Kier alpha value is -0.910. The maximum Gasteiger partial charge on any atom is 0.279 e. The number of rotatable bonds is 4. The standard InChI is InChI=1S/C12H18N2O2S/c1-2-8-14-10-12(13-17(14,15)16)9-11-6-4-3-5-7-11/h3-7,12-13H,2,8-10H2,1H3. The average Bonchev–Trinajstić information content (AvgIpc) is 2.55. The molecule has 1 aliphatic rings. The molecule has 0 aromatic heterocycles. The molecule has 1 aromatic rings. The number of benzene rings is 1. The third kappa shape index (κ3) is 3.06. The van der Waals surface area contributed by atoms with E-state index in [1.54, 1.807) is 0 Å². The zero-order valence-electron chi connectivity index (χ0n) is 9.96. The highest BCUT2D eigenvalue weighted by atomic mass is 32.2. The van der Waals surface area contributed by atoms with Crippen LogP contribution in [0.5, 0.6) is 0 Å². The van der Waals surface area contributed by atoms with Crippen molar-refractivity contribution < 1.29 is 8.42 Å². The van der Waals surface area contributed by atoms with Gasteiger partial charge in [-0.2, -0.15) is 17.4 Å². The fraction of sp³-hybridized carbons (Fsp3) is 0.500. The molecule has 1 atom stereocenters. The summed E-state index contributed by atoms with van der Waals surface area (Å²) in [6, 6.07) is 9.96. The zero-order valence-corrected chi connectivity index (χ0v) is 10.8. The molecule has 1 heterocycles. The first-order valence-corrected chi connectivity index (χ1v) is 7.37. The molecule has 4 nitrogen and oxygen atoms in total. The summed E-state index contributed by atoms with van der Waals surface area (Å²) in [7, 11) is -3.24. The van der Waals surface area contributed by atoms with Crippen LogP contribution in [0.1, 0.15) is 18.9 Å². The Labute approximate surface area is 103 Å². The minimum absolute atomic E-state index is 0.00560. The lowest BCUT2D eigenvalue weighted by Gasteiger charge is -2.11. The molecule has 17 heavy (non-hydrogen) atoms. The maximum atomic E-state index is 11.8. The molecule has 2 rings (SSSR count). The van der Waals surface area contributed by atoms with Gasteiger partial charge in [0, 0.05) is 19.1 Å². The van der Waals surface area contributed by atoms with E-state index in [4.69, 9.17) is 0 Å². The van der Waals surface area contributed by atoms with Crippen LogP contribution in [0.2, 0.25) is 0 Å². The Morgan fingerprint density at radius 1 is 1.35 bits per heavy atom. The van der Waals surface area contributed by atoms with Crippen LogP contribution in [-0.2, 0) is 16.6 Å². The molecular weight excluding hydrogens is 236 g/mol. The quantitative estimate of drug-likeness (QED) is 0.876. The maximum absolute atomic E-state index is 11.8. The van der Waals surface area contributed by atoms with Crippen LogP contribution in [0.4, 0.5) is 0 Å². The van der Waals surface area contributed by atoms with Gasteiger partial charge in [-0.1, -0.05) is 37.3 Å². The molecule has 0 radical (unpaired) electrons. The van der Waals surface area contributed by atoms with Gasteiger partial charge in [0.05, 0.1) is 0 Å². The first kappa shape index (κ1) is 12.5. The van der Waals surface area contributed by atoms with Crippen molar-refractivity contribution >= 4 is 10.2 Å². The van der Waals surface area contributed by atoms with Crippen molar-refractivity contribution in [1.29, 1.82) is 0 Å². The summed E-state index contributed by atoms with van der Waals surface area (Å²) >= 11 is 0. The minimum atomic E-state index is -3.24. The first-order chi connectivity index (χ1) is 8.12. The van der Waals surface area contributed by atoms with E-state index in [1.165, 1.54) is 9.87 Å². The van der Waals surface area contributed by atoms with Crippen LogP contribution in [0.25, 0.3) is 0 Å². The van der Waals surface area contributed by atoms with Gasteiger partial charge in [0.15, 0.2) is 0 Å². The molecule has 1 N–H and O–H groups in total. The highest BCUT2D eigenvalue weighted by Crippen LogP contribution is 2.14. The summed E-state index contributed by atoms with van der Waals surface area (Å²) < 4.78 is 27.8. The lowest BCUT2D eigenvalue weighted by atomic mass is 10.1. The molecule has 0 bridgehead atoms. The molecular formula is C12H18N2O2S. The number of nitrogens with one attached hydrogen (secondary N) is 1.